The molecule has 1 amide bonds. The largest absolute Gasteiger partial charge is 0.481 e. The quantitative estimate of drug-likeness (QED) is 0.669. The molecule has 0 radical (unpaired) electrons. The number of halogens is 3. The molecule has 1 N–H and O–H groups in total. The number of hydrogen-bond acceptors (Lipinski definition) is 4. The molecule has 1 atom stereocenters. The zero-order valence-electron chi connectivity index (χ0n) is 12.5. The van der Waals surface area contributed by atoms with E-state index in [2.05, 4.69) is 0 Å². The number of benzene rings is 1. The van der Waals surface area contributed by atoms with E-state index in [1.165, 1.54) is 19.1 Å². The van der Waals surface area contributed by atoms with Gasteiger partial charge in [-0.1, -0.05) is 12.1 Å². The van der Waals surface area contributed by atoms with E-state index in [0.717, 1.165) is 6.07 Å². The smallest absolute Gasteiger partial charge is 0.406 e. The molecule has 0 aromatic heterocycles. The SMILES string of the molecule is Cc1cccc([N+](=O)[O-])c1C(=O)N1CCC(C(=O)O)(C(F)(F)F)C1. The van der Waals surface area contributed by atoms with Crippen molar-refractivity contribution in [2.75, 3.05) is 13.1 Å². The highest BCUT2D eigenvalue weighted by Crippen LogP contribution is 2.46. The fraction of sp³-hybridized carbons (Fsp3) is 0.429. The van der Waals surface area contributed by atoms with Gasteiger partial charge in [0.1, 0.15) is 5.56 Å². The number of carbonyl (C=O) groups is 2. The van der Waals surface area contributed by atoms with Crippen LogP contribution in [-0.4, -0.2) is 46.1 Å². The van der Waals surface area contributed by atoms with E-state index in [1.54, 1.807) is 0 Å². The summed E-state index contributed by atoms with van der Waals surface area (Å²) in [5.74, 6) is -3.04. The third kappa shape index (κ3) is 2.68. The minimum atomic E-state index is -5.04. The maximum Gasteiger partial charge on any atom is 0.406 e. The Morgan fingerprint density at radius 3 is 2.46 bits per heavy atom. The Hall–Kier alpha value is -2.65. The second kappa shape index (κ2) is 5.77. The number of nitro groups is 1. The number of nitro benzene ring substituents is 1. The number of carboxylic acids is 1. The zero-order chi connectivity index (χ0) is 18.3. The normalized spacial score (nSPS) is 20.9. The minimum Gasteiger partial charge on any atom is -0.481 e. The van der Waals surface area contributed by atoms with Crippen molar-refractivity contribution in [2.24, 2.45) is 5.41 Å². The van der Waals surface area contributed by atoms with Gasteiger partial charge < -0.3 is 10.0 Å². The van der Waals surface area contributed by atoms with Gasteiger partial charge in [-0.3, -0.25) is 19.7 Å². The Balaban J connectivity index is 2.41. The Bertz CT molecular complexity index is 719. The number of amides is 1. The van der Waals surface area contributed by atoms with Crippen LogP contribution in [0.25, 0.3) is 0 Å². The third-order valence-corrected chi connectivity index (χ3v) is 4.17. The fourth-order valence-electron chi connectivity index (χ4n) is 2.75. The lowest BCUT2D eigenvalue weighted by molar-refractivity contribution is -0.385. The summed E-state index contributed by atoms with van der Waals surface area (Å²) >= 11 is 0. The van der Waals surface area contributed by atoms with Gasteiger partial charge in [-0.25, -0.2) is 0 Å². The van der Waals surface area contributed by atoms with Crippen LogP contribution >= 0.6 is 0 Å². The second-order valence-corrected chi connectivity index (χ2v) is 5.59. The summed E-state index contributed by atoms with van der Waals surface area (Å²) < 4.78 is 39.5. The summed E-state index contributed by atoms with van der Waals surface area (Å²) in [6, 6.07) is 3.85. The van der Waals surface area contributed by atoms with Gasteiger partial charge in [0.15, 0.2) is 5.41 Å². The summed E-state index contributed by atoms with van der Waals surface area (Å²) in [5.41, 5.74) is -3.68. The average molecular weight is 346 g/mol. The van der Waals surface area contributed by atoms with Crippen molar-refractivity contribution in [3.05, 3.63) is 39.4 Å². The highest BCUT2D eigenvalue weighted by Gasteiger charge is 2.64. The van der Waals surface area contributed by atoms with Gasteiger partial charge in [-0.2, -0.15) is 13.2 Å². The molecule has 1 aliphatic heterocycles. The Labute approximate surface area is 133 Å². The Morgan fingerprint density at radius 1 is 1.38 bits per heavy atom. The van der Waals surface area contributed by atoms with Crippen LogP contribution < -0.4 is 0 Å². The van der Waals surface area contributed by atoms with Crippen LogP contribution in [0.1, 0.15) is 22.3 Å². The van der Waals surface area contributed by atoms with E-state index >= 15 is 0 Å². The number of likely N-dealkylation sites (tertiary alicyclic amines) is 1. The van der Waals surface area contributed by atoms with Crippen LogP contribution in [0.2, 0.25) is 0 Å². The molecule has 1 heterocycles. The molecule has 1 aromatic carbocycles. The van der Waals surface area contributed by atoms with Crippen LogP contribution in [0.15, 0.2) is 18.2 Å². The number of rotatable bonds is 3. The van der Waals surface area contributed by atoms with Gasteiger partial charge in [0.25, 0.3) is 11.6 Å². The van der Waals surface area contributed by atoms with Gasteiger partial charge in [-0.15, -0.1) is 0 Å². The summed E-state index contributed by atoms with van der Waals surface area (Å²) in [4.78, 5) is 34.6. The van der Waals surface area contributed by atoms with Crippen LogP contribution in [0, 0.1) is 22.5 Å². The number of hydrogen-bond donors (Lipinski definition) is 1. The second-order valence-electron chi connectivity index (χ2n) is 5.59. The van der Waals surface area contributed by atoms with E-state index in [4.69, 9.17) is 5.11 Å². The number of alkyl halides is 3. The van der Waals surface area contributed by atoms with E-state index < -0.39 is 53.6 Å². The van der Waals surface area contributed by atoms with Crippen LogP contribution in [0.3, 0.4) is 0 Å². The molecule has 2 rings (SSSR count). The van der Waals surface area contributed by atoms with Gasteiger partial charge >= 0.3 is 12.1 Å². The molecular weight excluding hydrogens is 333 g/mol. The molecule has 1 aliphatic rings. The van der Waals surface area contributed by atoms with Crippen molar-refractivity contribution in [1.82, 2.24) is 4.90 Å². The summed E-state index contributed by atoms with van der Waals surface area (Å²) in [6.07, 6.45) is -5.83. The zero-order valence-corrected chi connectivity index (χ0v) is 12.5. The van der Waals surface area contributed by atoms with Crippen molar-refractivity contribution >= 4 is 17.6 Å². The summed E-state index contributed by atoms with van der Waals surface area (Å²) in [7, 11) is 0. The lowest BCUT2D eigenvalue weighted by atomic mass is 9.86. The van der Waals surface area contributed by atoms with E-state index in [1.807, 2.05) is 0 Å². The van der Waals surface area contributed by atoms with Crippen molar-refractivity contribution in [2.45, 2.75) is 19.5 Å². The highest BCUT2D eigenvalue weighted by atomic mass is 19.4. The number of nitrogens with zero attached hydrogens (tertiary/aromatic N) is 2. The molecule has 130 valence electrons. The first-order valence-corrected chi connectivity index (χ1v) is 6.84. The average Bonchev–Trinajstić information content (AvgIpc) is 2.92. The monoisotopic (exact) mass is 346 g/mol. The summed E-state index contributed by atoms with van der Waals surface area (Å²) in [6.45, 7) is -0.100. The minimum absolute atomic E-state index is 0.231. The third-order valence-electron chi connectivity index (χ3n) is 4.17. The van der Waals surface area contributed by atoms with Crippen molar-refractivity contribution in [3.8, 4) is 0 Å². The lowest BCUT2D eigenvalue weighted by Gasteiger charge is -2.27. The molecule has 1 fully saturated rings. The predicted molar refractivity (Wildman–Crippen MR) is 74.5 cm³/mol. The molecule has 1 aromatic rings. The molecule has 1 unspecified atom stereocenters. The number of carbonyl (C=O) groups excluding carboxylic acids is 1. The van der Waals surface area contributed by atoms with Crippen molar-refractivity contribution in [1.29, 1.82) is 0 Å². The Kier molecular flexibility index (Phi) is 4.25. The molecule has 1 saturated heterocycles. The first-order chi connectivity index (χ1) is 11.0. The molecule has 10 heteroatoms. The molecule has 0 saturated carbocycles. The van der Waals surface area contributed by atoms with Crippen molar-refractivity contribution in [3.63, 3.8) is 0 Å². The molecule has 0 aliphatic carbocycles. The first-order valence-electron chi connectivity index (χ1n) is 6.84. The number of carboxylic acid groups (broad SMARTS) is 1. The van der Waals surface area contributed by atoms with Gasteiger partial charge in [0.2, 0.25) is 0 Å². The van der Waals surface area contributed by atoms with Gasteiger partial charge in [0.05, 0.1) is 4.92 Å². The highest BCUT2D eigenvalue weighted by molar-refractivity contribution is 6.00. The Morgan fingerprint density at radius 2 is 2.00 bits per heavy atom. The van der Waals surface area contributed by atoms with E-state index in [0.29, 0.717) is 4.90 Å². The topological polar surface area (TPSA) is 101 Å². The molecular formula is C14H13F3N2O5. The van der Waals surface area contributed by atoms with Crippen LogP contribution in [0.5, 0.6) is 0 Å². The van der Waals surface area contributed by atoms with Crippen LogP contribution in [0.4, 0.5) is 18.9 Å². The predicted octanol–water partition coefficient (Wildman–Crippen LogP) is 2.38. The first kappa shape index (κ1) is 17.7. The molecule has 0 spiro atoms. The fourth-order valence-corrected chi connectivity index (χ4v) is 2.75. The van der Waals surface area contributed by atoms with E-state index in [-0.39, 0.29) is 11.1 Å². The summed E-state index contributed by atoms with van der Waals surface area (Å²) in [5, 5.41) is 20.0. The molecule has 24 heavy (non-hydrogen) atoms. The lowest BCUT2D eigenvalue weighted by Crippen LogP contribution is -2.47. The van der Waals surface area contributed by atoms with Gasteiger partial charge in [0, 0.05) is 19.2 Å². The van der Waals surface area contributed by atoms with Crippen LogP contribution in [-0.2, 0) is 4.79 Å². The van der Waals surface area contributed by atoms with E-state index in [9.17, 15) is 32.9 Å². The maximum atomic E-state index is 13.2. The molecule has 7 nitrogen and oxygen atoms in total. The number of aryl methyl sites for hydroxylation is 1. The van der Waals surface area contributed by atoms with Crippen molar-refractivity contribution < 1.29 is 32.8 Å². The van der Waals surface area contributed by atoms with Gasteiger partial charge in [-0.05, 0) is 18.9 Å². The number of aliphatic carboxylic acids is 1. The molecule has 0 bridgehead atoms. The maximum absolute atomic E-state index is 13.2. The standard InChI is InChI=1S/C14H13F3N2O5/c1-8-3-2-4-9(19(23)24)10(8)11(20)18-6-5-13(7-18,12(21)22)14(15,16)17/h2-4H,5-7H2,1H3,(H,21,22).